The largest absolute Gasteiger partial charge is 0.481 e. The fourth-order valence-electron chi connectivity index (χ4n) is 2.89. The summed E-state index contributed by atoms with van der Waals surface area (Å²) >= 11 is 0. The van der Waals surface area contributed by atoms with Crippen LogP contribution in [0.15, 0.2) is 53.1 Å². The molecule has 122 valence electrons. The minimum Gasteiger partial charge on any atom is -0.481 e. The number of aliphatic carboxylic acids is 1. The van der Waals surface area contributed by atoms with E-state index in [0.29, 0.717) is 28.7 Å². The normalized spacial score (nSPS) is 12.2. The van der Waals surface area contributed by atoms with Crippen molar-refractivity contribution >= 4 is 22.7 Å². The third-order valence-electron chi connectivity index (χ3n) is 4.24. The molecule has 0 saturated heterocycles. The van der Waals surface area contributed by atoms with Crippen LogP contribution in [0.2, 0.25) is 0 Å². The highest BCUT2D eigenvalue weighted by atomic mass is 16.4. The molecule has 0 aliphatic rings. The summed E-state index contributed by atoms with van der Waals surface area (Å²) in [4.78, 5) is 24.4. The Bertz CT molecular complexity index is 903. The summed E-state index contributed by atoms with van der Waals surface area (Å²) in [5, 5.41) is 10.2. The number of hydrogen-bond acceptors (Lipinski definition) is 3. The van der Waals surface area contributed by atoms with Crippen LogP contribution in [0.25, 0.3) is 11.0 Å². The highest BCUT2D eigenvalue weighted by Crippen LogP contribution is 2.30. The molecule has 2 aromatic carbocycles. The van der Waals surface area contributed by atoms with E-state index in [1.807, 2.05) is 26.0 Å². The maximum Gasteiger partial charge on any atom is 0.310 e. The number of benzene rings is 2. The minimum absolute atomic E-state index is 0.169. The Morgan fingerprint density at radius 2 is 1.83 bits per heavy atom. The van der Waals surface area contributed by atoms with Gasteiger partial charge in [-0.15, -0.1) is 0 Å². The van der Waals surface area contributed by atoms with E-state index in [1.165, 1.54) is 6.26 Å². The Hall–Kier alpha value is -2.88. The van der Waals surface area contributed by atoms with Gasteiger partial charge in [0.2, 0.25) is 0 Å². The van der Waals surface area contributed by atoms with E-state index in [4.69, 9.17) is 4.42 Å². The topological polar surface area (TPSA) is 67.5 Å². The zero-order chi connectivity index (χ0) is 17.3. The van der Waals surface area contributed by atoms with Gasteiger partial charge >= 0.3 is 5.97 Å². The van der Waals surface area contributed by atoms with Crippen LogP contribution in [0.5, 0.6) is 0 Å². The number of carbonyl (C=O) groups excluding carboxylic acids is 1. The molecule has 1 aromatic heterocycles. The molecule has 0 spiro atoms. The van der Waals surface area contributed by atoms with Gasteiger partial charge < -0.3 is 9.52 Å². The molecule has 0 aliphatic heterocycles. The molecule has 4 nitrogen and oxygen atoms in total. The number of ketones is 1. The van der Waals surface area contributed by atoms with Crippen molar-refractivity contribution in [3.05, 3.63) is 71.0 Å². The molecule has 4 heteroatoms. The van der Waals surface area contributed by atoms with E-state index in [0.717, 1.165) is 10.9 Å². The van der Waals surface area contributed by atoms with E-state index in [-0.39, 0.29) is 5.78 Å². The molecular weight excluding hydrogens is 304 g/mol. The monoisotopic (exact) mass is 322 g/mol. The molecule has 1 N–H and O–H groups in total. The van der Waals surface area contributed by atoms with Gasteiger partial charge in [0.05, 0.1) is 17.7 Å². The molecule has 3 aromatic rings. The number of fused-ring (bicyclic) bond motifs is 1. The van der Waals surface area contributed by atoms with Gasteiger partial charge in [0.15, 0.2) is 5.78 Å². The Morgan fingerprint density at radius 3 is 2.46 bits per heavy atom. The Balaban J connectivity index is 2.15. The van der Waals surface area contributed by atoms with Gasteiger partial charge in [0.1, 0.15) is 5.58 Å². The summed E-state index contributed by atoms with van der Waals surface area (Å²) in [6, 6.07) is 12.5. The van der Waals surface area contributed by atoms with Crippen molar-refractivity contribution in [1.82, 2.24) is 0 Å². The molecule has 0 bridgehead atoms. The van der Waals surface area contributed by atoms with Crippen molar-refractivity contribution < 1.29 is 19.1 Å². The lowest BCUT2D eigenvalue weighted by Gasteiger charge is -2.12. The molecule has 0 radical (unpaired) electrons. The van der Waals surface area contributed by atoms with Gasteiger partial charge in [-0.05, 0) is 37.1 Å². The average Bonchev–Trinajstić information content (AvgIpc) is 3.03. The summed E-state index contributed by atoms with van der Waals surface area (Å²) < 4.78 is 5.48. The Labute approximate surface area is 139 Å². The number of carbonyl (C=O) groups is 2. The summed E-state index contributed by atoms with van der Waals surface area (Å²) in [6.07, 6.45) is 1.97. The standard InChI is InChI=1S/C20H18O4/c1-3-16(20(22)23)15-10-14-8-9-24-19(14)17(11-15)18(21)13-6-4-12(2)5-7-13/h4-11,16H,3H2,1-2H3,(H,22,23). The number of furan rings is 1. The molecule has 0 amide bonds. The highest BCUT2D eigenvalue weighted by molar-refractivity contribution is 6.15. The number of rotatable bonds is 5. The van der Waals surface area contributed by atoms with Crippen LogP contribution < -0.4 is 0 Å². The molecule has 3 rings (SSSR count). The van der Waals surface area contributed by atoms with Gasteiger partial charge in [0.25, 0.3) is 0 Å². The van der Waals surface area contributed by atoms with E-state index in [1.54, 1.807) is 30.3 Å². The zero-order valence-electron chi connectivity index (χ0n) is 13.6. The first-order valence-corrected chi connectivity index (χ1v) is 7.86. The van der Waals surface area contributed by atoms with Crippen molar-refractivity contribution in [2.75, 3.05) is 0 Å². The fourth-order valence-corrected chi connectivity index (χ4v) is 2.89. The first-order chi connectivity index (χ1) is 11.5. The smallest absolute Gasteiger partial charge is 0.310 e. The summed E-state index contributed by atoms with van der Waals surface area (Å²) in [5.74, 6) is -1.71. The van der Waals surface area contributed by atoms with Crippen LogP contribution >= 0.6 is 0 Å². The average molecular weight is 322 g/mol. The van der Waals surface area contributed by atoms with Crippen LogP contribution in [0.3, 0.4) is 0 Å². The molecule has 24 heavy (non-hydrogen) atoms. The number of carboxylic acid groups (broad SMARTS) is 1. The lowest BCUT2D eigenvalue weighted by molar-refractivity contribution is -0.138. The van der Waals surface area contributed by atoms with Crippen LogP contribution in [0.4, 0.5) is 0 Å². The molecule has 0 aliphatic carbocycles. The predicted molar refractivity (Wildman–Crippen MR) is 91.5 cm³/mol. The molecule has 1 atom stereocenters. The summed E-state index contributed by atoms with van der Waals surface area (Å²) in [5.41, 5.74) is 3.13. The molecular formula is C20H18O4. The number of aryl methyl sites for hydroxylation is 1. The van der Waals surface area contributed by atoms with Crippen molar-refractivity contribution in [3.8, 4) is 0 Å². The lowest BCUT2D eigenvalue weighted by atomic mass is 9.91. The zero-order valence-corrected chi connectivity index (χ0v) is 13.6. The maximum atomic E-state index is 12.9. The minimum atomic E-state index is -0.894. The van der Waals surface area contributed by atoms with Gasteiger partial charge in [0, 0.05) is 10.9 Å². The van der Waals surface area contributed by atoms with Crippen LogP contribution in [0, 0.1) is 6.92 Å². The van der Waals surface area contributed by atoms with E-state index in [2.05, 4.69) is 0 Å². The first-order valence-electron chi connectivity index (χ1n) is 7.86. The van der Waals surface area contributed by atoms with Gasteiger partial charge in [-0.3, -0.25) is 9.59 Å². The van der Waals surface area contributed by atoms with E-state index in [9.17, 15) is 14.7 Å². The van der Waals surface area contributed by atoms with Crippen molar-refractivity contribution in [2.24, 2.45) is 0 Å². The highest BCUT2D eigenvalue weighted by Gasteiger charge is 2.22. The predicted octanol–water partition coefficient (Wildman–Crippen LogP) is 4.55. The second-order valence-electron chi connectivity index (χ2n) is 5.90. The SMILES string of the molecule is CCC(C(=O)O)c1cc(C(=O)c2ccc(C)cc2)c2occc2c1. The fraction of sp³-hybridized carbons (Fsp3) is 0.200. The Morgan fingerprint density at radius 1 is 1.12 bits per heavy atom. The molecule has 1 heterocycles. The molecule has 0 saturated carbocycles. The van der Waals surface area contributed by atoms with E-state index < -0.39 is 11.9 Å². The second kappa shape index (κ2) is 6.32. The third kappa shape index (κ3) is 2.83. The van der Waals surface area contributed by atoms with Crippen molar-refractivity contribution in [3.63, 3.8) is 0 Å². The second-order valence-corrected chi connectivity index (χ2v) is 5.90. The number of carboxylic acids is 1. The van der Waals surface area contributed by atoms with Gasteiger partial charge in [-0.25, -0.2) is 0 Å². The van der Waals surface area contributed by atoms with Crippen LogP contribution in [0.1, 0.15) is 46.3 Å². The van der Waals surface area contributed by atoms with Crippen molar-refractivity contribution in [2.45, 2.75) is 26.2 Å². The van der Waals surface area contributed by atoms with Crippen molar-refractivity contribution in [1.29, 1.82) is 0 Å². The Kier molecular flexibility index (Phi) is 4.21. The summed E-state index contributed by atoms with van der Waals surface area (Å²) in [7, 11) is 0. The van der Waals surface area contributed by atoms with Gasteiger partial charge in [-0.2, -0.15) is 0 Å². The summed E-state index contributed by atoms with van der Waals surface area (Å²) in [6.45, 7) is 3.78. The molecule has 1 unspecified atom stereocenters. The van der Waals surface area contributed by atoms with Crippen LogP contribution in [-0.2, 0) is 4.79 Å². The first kappa shape index (κ1) is 16.0. The van der Waals surface area contributed by atoms with Gasteiger partial charge in [-0.1, -0.05) is 36.8 Å². The maximum absolute atomic E-state index is 12.9. The lowest BCUT2D eigenvalue weighted by Crippen LogP contribution is -2.12. The number of hydrogen-bond donors (Lipinski definition) is 1. The van der Waals surface area contributed by atoms with Crippen LogP contribution in [-0.4, -0.2) is 16.9 Å². The quantitative estimate of drug-likeness (QED) is 0.700. The molecule has 0 fully saturated rings. The third-order valence-corrected chi connectivity index (χ3v) is 4.24. The van der Waals surface area contributed by atoms with E-state index >= 15 is 0 Å².